The van der Waals surface area contributed by atoms with Crippen molar-refractivity contribution in [1.29, 1.82) is 0 Å². The Balaban J connectivity index is 0.000000155. The van der Waals surface area contributed by atoms with Gasteiger partial charge in [-0.05, 0) is 49.9 Å². The summed E-state index contributed by atoms with van der Waals surface area (Å²) in [6.07, 6.45) is 9.26. The van der Waals surface area contributed by atoms with Gasteiger partial charge in [0.1, 0.15) is 9.79 Å². The van der Waals surface area contributed by atoms with Crippen molar-refractivity contribution in [3.8, 4) is 0 Å². The molecule has 4 aromatic rings. The first-order valence-electron chi connectivity index (χ1n) is 13.1. The van der Waals surface area contributed by atoms with Crippen molar-refractivity contribution in [2.75, 3.05) is 26.2 Å². The number of hydrogen-bond acceptors (Lipinski definition) is 6. The lowest BCUT2D eigenvalue weighted by atomic mass is 10.2. The molecule has 0 unspecified atom stereocenters. The van der Waals surface area contributed by atoms with Crippen molar-refractivity contribution in [2.45, 2.75) is 48.3 Å². The molecule has 0 spiro atoms. The molecule has 2 aromatic carbocycles. The lowest BCUT2D eigenvalue weighted by Crippen LogP contribution is -2.35. The van der Waals surface area contributed by atoms with E-state index in [-0.39, 0.29) is 0 Å². The molecule has 0 N–H and O–H groups in total. The molecular weight excluding hydrogens is 520 g/mol. The van der Waals surface area contributed by atoms with Crippen LogP contribution in [0.15, 0.2) is 82.8 Å². The van der Waals surface area contributed by atoms with Gasteiger partial charge >= 0.3 is 0 Å². The maximum atomic E-state index is 12.7. The van der Waals surface area contributed by atoms with Crippen LogP contribution < -0.4 is 0 Å². The molecule has 2 aliphatic heterocycles. The number of rotatable bonds is 4. The maximum absolute atomic E-state index is 12.7. The van der Waals surface area contributed by atoms with E-state index in [9.17, 15) is 16.8 Å². The number of nitrogens with zero attached hydrogens (tertiary/aromatic N) is 4. The van der Waals surface area contributed by atoms with E-state index in [1.807, 2.05) is 36.4 Å². The number of hydrogen-bond donors (Lipinski definition) is 0. The molecule has 0 bridgehead atoms. The third kappa shape index (κ3) is 5.44. The molecular formula is C28H32N4O4S2. The molecule has 2 saturated heterocycles. The Morgan fingerprint density at radius 2 is 0.868 bits per heavy atom. The molecule has 0 atom stereocenters. The van der Waals surface area contributed by atoms with Crippen LogP contribution in [0.25, 0.3) is 21.8 Å². The minimum Gasteiger partial charge on any atom is -0.255 e. The highest BCUT2D eigenvalue weighted by Gasteiger charge is 2.29. The predicted octanol–water partition coefficient (Wildman–Crippen LogP) is 4.82. The van der Waals surface area contributed by atoms with Gasteiger partial charge in [-0.1, -0.05) is 49.2 Å². The van der Waals surface area contributed by atoms with E-state index in [0.717, 1.165) is 49.3 Å². The van der Waals surface area contributed by atoms with Gasteiger partial charge in [-0.15, -0.1) is 0 Å². The molecule has 2 aromatic heterocycles. The van der Waals surface area contributed by atoms with E-state index in [1.165, 1.54) is 0 Å². The molecule has 0 amide bonds. The molecule has 8 nitrogen and oxygen atoms in total. The van der Waals surface area contributed by atoms with Crippen LogP contribution in [0, 0.1) is 0 Å². The average Bonchev–Trinajstić information content (AvgIpc) is 2.98. The molecule has 2 fully saturated rings. The van der Waals surface area contributed by atoms with Gasteiger partial charge in [-0.25, -0.2) is 16.8 Å². The molecule has 2 aliphatic rings. The van der Waals surface area contributed by atoms with Gasteiger partial charge in [0.05, 0.1) is 11.0 Å². The fourth-order valence-electron chi connectivity index (χ4n) is 5.06. The Morgan fingerprint density at radius 1 is 0.500 bits per heavy atom. The summed E-state index contributed by atoms with van der Waals surface area (Å²) in [6.45, 7) is 2.47. The van der Waals surface area contributed by atoms with Crippen LogP contribution in [-0.4, -0.2) is 61.6 Å². The lowest BCUT2D eigenvalue weighted by Gasteiger charge is -2.26. The van der Waals surface area contributed by atoms with Crippen LogP contribution >= 0.6 is 0 Å². The molecule has 200 valence electrons. The summed E-state index contributed by atoms with van der Waals surface area (Å²) < 4.78 is 53.9. The summed E-state index contributed by atoms with van der Waals surface area (Å²) >= 11 is 0. The zero-order valence-electron chi connectivity index (χ0n) is 21.2. The second-order valence-corrected chi connectivity index (χ2v) is 13.4. The molecule has 38 heavy (non-hydrogen) atoms. The number of sulfonamides is 2. The average molecular weight is 553 g/mol. The van der Waals surface area contributed by atoms with Crippen molar-refractivity contribution in [3.63, 3.8) is 0 Å². The van der Waals surface area contributed by atoms with Gasteiger partial charge in [0.15, 0.2) is 0 Å². The highest BCUT2D eigenvalue weighted by Crippen LogP contribution is 2.27. The Morgan fingerprint density at radius 3 is 1.26 bits per heavy atom. The monoisotopic (exact) mass is 552 g/mol. The van der Waals surface area contributed by atoms with Gasteiger partial charge in [0.2, 0.25) is 20.0 Å². The largest absolute Gasteiger partial charge is 0.255 e. The van der Waals surface area contributed by atoms with E-state index in [2.05, 4.69) is 9.97 Å². The second kappa shape index (κ2) is 11.4. The number of aromatic nitrogens is 2. The number of piperidine rings is 2. The Labute approximate surface area is 224 Å². The lowest BCUT2D eigenvalue weighted by molar-refractivity contribution is 0.346. The minimum absolute atomic E-state index is 0.326. The summed E-state index contributed by atoms with van der Waals surface area (Å²) in [4.78, 5) is 9.13. The minimum atomic E-state index is -3.42. The van der Waals surface area contributed by atoms with E-state index in [4.69, 9.17) is 0 Å². The quantitative estimate of drug-likeness (QED) is 0.360. The van der Waals surface area contributed by atoms with E-state index >= 15 is 0 Å². The first-order chi connectivity index (χ1) is 18.4. The molecule has 0 aliphatic carbocycles. The highest BCUT2D eigenvalue weighted by molar-refractivity contribution is 7.89. The summed E-state index contributed by atoms with van der Waals surface area (Å²) in [5.41, 5.74) is 1.13. The number of pyridine rings is 2. The second-order valence-electron chi connectivity index (χ2n) is 9.59. The van der Waals surface area contributed by atoms with Crippen molar-refractivity contribution in [1.82, 2.24) is 18.6 Å². The van der Waals surface area contributed by atoms with Crippen LogP contribution in [-0.2, 0) is 20.0 Å². The van der Waals surface area contributed by atoms with E-state index < -0.39 is 20.0 Å². The predicted molar refractivity (Wildman–Crippen MR) is 149 cm³/mol. The van der Waals surface area contributed by atoms with Gasteiger partial charge in [0, 0.05) is 49.3 Å². The summed E-state index contributed by atoms with van der Waals surface area (Å²) in [5, 5.41) is 1.72. The Kier molecular flexibility index (Phi) is 8.04. The topological polar surface area (TPSA) is 101 Å². The van der Waals surface area contributed by atoms with Crippen LogP contribution in [0.1, 0.15) is 38.5 Å². The van der Waals surface area contributed by atoms with Gasteiger partial charge in [0.25, 0.3) is 0 Å². The first kappa shape index (κ1) is 26.7. The van der Waals surface area contributed by atoms with Crippen LogP contribution in [0.5, 0.6) is 0 Å². The molecule has 4 heterocycles. The first-order valence-corrected chi connectivity index (χ1v) is 15.9. The molecule has 6 rings (SSSR count). The third-order valence-electron chi connectivity index (χ3n) is 7.06. The fourth-order valence-corrected chi connectivity index (χ4v) is 8.42. The zero-order chi connectivity index (χ0) is 26.6. The van der Waals surface area contributed by atoms with Crippen molar-refractivity contribution in [2.24, 2.45) is 0 Å². The molecule has 0 saturated carbocycles. The Hall–Kier alpha value is -2.92. The van der Waals surface area contributed by atoms with Crippen LogP contribution in [0.3, 0.4) is 0 Å². The van der Waals surface area contributed by atoms with Crippen LogP contribution in [0.4, 0.5) is 0 Å². The van der Waals surface area contributed by atoms with Gasteiger partial charge in [-0.3, -0.25) is 9.97 Å². The Bertz CT molecular complexity index is 1500. The number of fused-ring (bicyclic) bond motifs is 2. The highest BCUT2D eigenvalue weighted by atomic mass is 32.2. The van der Waals surface area contributed by atoms with Crippen molar-refractivity contribution >= 4 is 41.9 Å². The number of benzene rings is 2. The normalized spacial score (nSPS) is 17.7. The summed E-state index contributed by atoms with van der Waals surface area (Å²) in [5.74, 6) is 0. The third-order valence-corrected chi connectivity index (χ3v) is 10.9. The SMILES string of the molecule is O=S(=O)(c1cccc2cccnc12)N1CCCCC1.O=S(=O)(c1cccc2cccnc12)N1CCCCC1. The van der Waals surface area contributed by atoms with Crippen molar-refractivity contribution < 1.29 is 16.8 Å². The van der Waals surface area contributed by atoms with Crippen LogP contribution in [0.2, 0.25) is 0 Å². The molecule has 10 heteroatoms. The van der Waals surface area contributed by atoms with E-state index in [1.54, 1.807) is 45.3 Å². The summed E-state index contributed by atoms with van der Waals surface area (Å²) in [6, 6.07) is 18.0. The standard InChI is InChI=1S/2C14H16N2O2S/c2*17-19(18,16-10-2-1-3-11-16)13-8-4-6-12-7-5-9-15-14(12)13/h2*4-9H,1-3,10-11H2. The van der Waals surface area contributed by atoms with Gasteiger partial charge < -0.3 is 0 Å². The maximum Gasteiger partial charge on any atom is 0.245 e. The zero-order valence-corrected chi connectivity index (χ0v) is 22.9. The van der Waals surface area contributed by atoms with Gasteiger partial charge in [-0.2, -0.15) is 8.61 Å². The summed E-state index contributed by atoms with van der Waals surface area (Å²) in [7, 11) is -6.84. The molecule has 0 radical (unpaired) electrons. The number of para-hydroxylation sites is 2. The van der Waals surface area contributed by atoms with E-state index in [0.29, 0.717) is 47.0 Å². The van der Waals surface area contributed by atoms with Crippen molar-refractivity contribution in [3.05, 3.63) is 73.1 Å². The smallest absolute Gasteiger partial charge is 0.245 e. The fraction of sp³-hybridized carbons (Fsp3) is 0.357.